The highest BCUT2D eigenvalue weighted by Gasteiger charge is 2.50. The zero-order valence-corrected chi connectivity index (χ0v) is 13.5. The minimum atomic E-state index is 0.0615. The third-order valence-corrected chi connectivity index (χ3v) is 5.32. The van der Waals surface area contributed by atoms with Crippen LogP contribution in [0, 0.1) is 22.7 Å². The monoisotopic (exact) mass is 308 g/mol. The first-order valence-electron chi connectivity index (χ1n) is 8.22. The Kier molecular flexibility index (Phi) is 2.99. The van der Waals surface area contributed by atoms with E-state index >= 15 is 0 Å². The van der Waals surface area contributed by atoms with Crippen LogP contribution >= 0.6 is 0 Å². The van der Waals surface area contributed by atoms with Crippen LogP contribution in [0.5, 0.6) is 0 Å². The van der Waals surface area contributed by atoms with Gasteiger partial charge in [-0.1, -0.05) is 13.8 Å². The SMILES string of the molecule is CC1(C)CC1C(=O)Nc1nc2ccc(C#N)cc2n1C1CCC1. The predicted octanol–water partition coefficient (Wildman–Crippen LogP) is 3.62. The van der Waals surface area contributed by atoms with Gasteiger partial charge in [0.1, 0.15) is 0 Å². The Hall–Kier alpha value is -2.35. The van der Waals surface area contributed by atoms with E-state index in [4.69, 9.17) is 5.26 Å². The Morgan fingerprint density at radius 3 is 2.74 bits per heavy atom. The van der Waals surface area contributed by atoms with Gasteiger partial charge in [0, 0.05) is 12.0 Å². The van der Waals surface area contributed by atoms with Crippen LogP contribution in [0.2, 0.25) is 0 Å². The molecule has 2 aliphatic carbocycles. The lowest BCUT2D eigenvalue weighted by atomic mass is 9.92. The molecule has 1 atom stereocenters. The van der Waals surface area contributed by atoms with Crippen molar-refractivity contribution in [2.45, 2.75) is 45.6 Å². The first-order chi connectivity index (χ1) is 11.0. The van der Waals surface area contributed by atoms with E-state index in [1.807, 2.05) is 12.1 Å². The highest BCUT2D eigenvalue weighted by atomic mass is 16.2. The fourth-order valence-corrected chi connectivity index (χ4v) is 3.38. The van der Waals surface area contributed by atoms with E-state index in [1.54, 1.807) is 6.07 Å². The zero-order chi connectivity index (χ0) is 16.2. The number of nitriles is 1. The highest BCUT2D eigenvalue weighted by Crippen LogP contribution is 2.52. The fraction of sp³-hybridized carbons (Fsp3) is 0.500. The number of rotatable bonds is 3. The molecule has 118 valence electrons. The lowest BCUT2D eigenvalue weighted by molar-refractivity contribution is -0.118. The lowest BCUT2D eigenvalue weighted by Crippen LogP contribution is -2.23. The van der Waals surface area contributed by atoms with Gasteiger partial charge in [0.05, 0.1) is 22.7 Å². The maximum absolute atomic E-state index is 12.5. The number of carbonyl (C=O) groups excluding carboxylic acids is 1. The van der Waals surface area contributed by atoms with Gasteiger partial charge in [-0.2, -0.15) is 5.26 Å². The summed E-state index contributed by atoms with van der Waals surface area (Å²) in [5.41, 5.74) is 2.50. The van der Waals surface area contributed by atoms with E-state index in [-0.39, 0.29) is 17.2 Å². The van der Waals surface area contributed by atoms with E-state index in [0.717, 1.165) is 30.3 Å². The van der Waals surface area contributed by atoms with E-state index in [9.17, 15) is 4.79 Å². The number of carbonyl (C=O) groups is 1. The maximum Gasteiger partial charge on any atom is 0.230 e. The van der Waals surface area contributed by atoms with Crippen LogP contribution in [0.3, 0.4) is 0 Å². The standard InChI is InChI=1S/C18H20N4O/c1-18(2)9-13(18)16(23)21-17-20-14-7-6-11(10-19)8-15(14)22(17)12-4-3-5-12/h6-8,12-13H,3-5,9H2,1-2H3,(H,20,21,23). The number of benzene rings is 1. The second-order valence-corrected chi connectivity index (χ2v) is 7.44. The zero-order valence-electron chi connectivity index (χ0n) is 13.5. The number of fused-ring (bicyclic) bond motifs is 1. The fourth-order valence-electron chi connectivity index (χ4n) is 3.38. The number of hydrogen-bond donors (Lipinski definition) is 1. The summed E-state index contributed by atoms with van der Waals surface area (Å²) >= 11 is 0. The van der Waals surface area contributed by atoms with Gasteiger partial charge in [0.15, 0.2) is 0 Å². The van der Waals surface area contributed by atoms with Gasteiger partial charge in [-0.3, -0.25) is 10.1 Å². The molecule has 0 bridgehead atoms. The average molecular weight is 308 g/mol. The average Bonchev–Trinajstić information content (AvgIpc) is 2.98. The molecule has 0 saturated heterocycles. The van der Waals surface area contributed by atoms with E-state index in [2.05, 4.69) is 34.8 Å². The van der Waals surface area contributed by atoms with Gasteiger partial charge in [0.2, 0.25) is 11.9 Å². The third-order valence-electron chi connectivity index (χ3n) is 5.32. The molecular formula is C18H20N4O. The second-order valence-electron chi connectivity index (χ2n) is 7.44. The molecular weight excluding hydrogens is 288 g/mol. The van der Waals surface area contributed by atoms with Gasteiger partial charge in [0.25, 0.3) is 0 Å². The summed E-state index contributed by atoms with van der Waals surface area (Å²) in [6, 6.07) is 8.06. The maximum atomic E-state index is 12.5. The molecule has 1 N–H and O–H groups in total. The van der Waals surface area contributed by atoms with Crippen LogP contribution in [0.4, 0.5) is 5.95 Å². The first-order valence-corrected chi connectivity index (χ1v) is 8.22. The molecule has 2 saturated carbocycles. The molecule has 23 heavy (non-hydrogen) atoms. The number of imidazole rings is 1. The van der Waals surface area contributed by atoms with Crippen molar-refractivity contribution in [3.05, 3.63) is 23.8 Å². The molecule has 0 aliphatic heterocycles. The minimum absolute atomic E-state index is 0.0615. The molecule has 0 spiro atoms. The summed E-state index contributed by atoms with van der Waals surface area (Å²) in [6.07, 6.45) is 4.33. The van der Waals surface area contributed by atoms with Crippen molar-refractivity contribution in [3.63, 3.8) is 0 Å². The highest BCUT2D eigenvalue weighted by molar-refractivity contribution is 5.95. The van der Waals surface area contributed by atoms with Crippen LogP contribution in [0.1, 0.15) is 51.1 Å². The number of amides is 1. The first kappa shape index (κ1) is 14.3. The minimum Gasteiger partial charge on any atom is -0.307 e. The predicted molar refractivity (Wildman–Crippen MR) is 87.9 cm³/mol. The van der Waals surface area contributed by atoms with Crippen molar-refractivity contribution in [1.82, 2.24) is 9.55 Å². The molecule has 0 radical (unpaired) electrons. The van der Waals surface area contributed by atoms with E-state index < -0.39 is 0 Å². The number of anilines is 1. The Labute approximate surface area is 135 Å². The normalized spacial score (nSPS) is 22.4. The molecule has 5 heteroatoms. The van der Waals surface area contributed by atoms with E-state index in [0.29, 0.717) is 17.6 Å². The smallest absolute Gasteiger partial charge is 0.230 e. The van der Waals surface area contributed by atoms with Crippen LogP contribution in [-0.4, -0.2) is 15.5 Å². The summed E-state index contributed by atoms with van der Waals surface area (Å²) in [7, 11) is 0. The molecule has 2 fully saturated rings. The Morgan fingerprint density at radius 2 is 2.17 bits per heavy atom. The van der Waals surface area contributed by atoms with Crippen molar-refractivity contribution in [2.75, 3.05) is 5.32 Å². The third kappa shape index (κ3) is 2.29. The molecule has 1 heterocycles. The Morgan fingerprint density at radius 1 is 1.43 bits per heavy atom. The summed E-state index contributed by atoms with van der Waals surface area (Å²) in [5, 5.41) is 12.2. The topological polar surface area (TPSA) is 70.7 Å². The number of nitrogens with one attached hydrogen (secondary N) is 1. The molecule has 1 aromatic heterocycles. The van der Waals surface area contributed by atoms with Gasteiger partial charge in [-0.25, -0.2) is 4.98 Å². The molecule has 4 rings (SSSR count). The molecule has 2 aromatic rings. The van der Waals surface area contributed by atoms with Crippen LogP contribution in [-0.2, 0) is 4.79 Å². The van der Waals surface area contributed by atoms with Gasteiger partial charge < -0.3 is 4.57 Å². The van der Waals surface area contributed by atoms with Gasteiger partial charge in [-0.15, -0.1) is 0 Å². The number of hydrogen-bond acceptors (Lipinski definition) is 3. The van der Waals surface area contributed by atoms with Crippen LogP contribution in [0.25, 0.3) is 11.0 Å². The molecule has 5 nitrogen and oxygen atoms in total. The van der Waals surface area contributed by atoms with Crippen molar-refractivity contribution in [1.29, 1.82) is 5.26 Å². The summed E-state index contributed by atoms with van der Waals surface area (Å²) in [6.45, 7) is 4.23. The number of aromatic nitrogens is 2. The summed E-state index contributed by atoms with van der Waals surface area (Å²) in [4.78, 5) is 17.1. The van der Waals surface area contributed by atoms with Crippen molar-refractivity contribution < 1.29 is 4.79 Å². The van der Waals surface area contributed by atoms with Gasteiger partial charge >= 0.3 is 0 Å². The van der Waals surface area contributed by atoms with Crippen molar-refractivity contribution >= 4 is 22.9 Å². The van der Waals surface area contributed by atoms with E-state index in [1.165, 1.54) is 6.42 Å². The molecule has 2 aliphatic rings. The van der Waals surface area contributed by atoms with Crippen LogP contribution < -0.4 is 5.32 Å². The quantitative estimate of drug-likeness (QED) is 0.941. The number of nitrogens with zero attached hydrogens (tertiary/aromatic N) is 3. The van der Waals surface area contributed by atoms with Gasteiger partial charge in [-0.05, 0) is 49.3 Å². The Bertz CT molecular complexity index is 839. The second kappa shape index (κ2) is 4.82. The molecule has 1 unspecified atom stereocenters. The van der Waals surface area contributed by atoms with Crippen molar-refractivity contribution in [2.24, 2.45) is 11.3 Å². The Balaban J connectivity index is 1.73. The largest absolute Gasteiger partial charge is 0.307 e. The summed E-state index contributed by atoms with van der Waals surface area (Å²) < 4.78 is 2.12. The lowest BCUT2D eigenvalue weighted by Gasteiger charge is -2.29. The summed E-state index contributed by atoms with van der Waals surface area (Å²) in [5.74, 6) is 0.769. The molecule has 1 aromatic carbocycles. The van der Waals surface area contributed by atoms with Crippen LogP contribution in [0.15, 0.2) is 18.2 Å². The van der Waals surface area contributed by atoms with Crippen molar-refractivity contribution in [3.8, 4) is 6.07 Å². The molecule has 1 amide bonds.